The molecule has 180 valence electrons. The fourth-order valence-electron chi connectivity index (χ4n) is 3.44. The predicted molar refractivity (Wildman–Crippen MR) is 125 cm³/mol. The van der Waals surface area contributed by atoms with Gasteiger partial charge in [-0.1, -0.05) is 38.5 Å². The van der Waals surface area contributed by atoms with Crippen molar-refractivity contribution in [3.05, 3.63) is 12.5 Å². The Labute approximate surface area is 188 Å². The molecule has 9 heteroatoms. The Balaban J connectivity index is 1.88. The van der Waals surface area contributed by atoms with Crippen molar-refractivity contribution in [3.8, 4) is 0 Å². The number of aromatic nitrogens is 2. The van der Waals surface area contributed by atoms with Crippen LogP contribution in [0.3, 0.4) is 0 Å². The average Bonchev–Trinajstić information content (AvgIpc) is 3.18. The maximum atomic E-state index is 12.1. The van der Waals surface area contributed by atoms with Crippen LogP contribution in [-0.2, 0) is 21.9 Å². The number of nitrogens with zero attached hydrogens (tertiary/aromatic N) is 2. The molecule has 1 rings (SSSR count). The molecule has 0 fully saturated rings. The molecule has 0 saturated carbocycles. The number of hydrogen-bond acceptors (Lipinski definition) is 6. The Kier molecular flexibility index (Phi) is 15.5. The number of carbonyl (C=O) groups excluding carboxylic acids is 1. The molecular formula is C22H43N5O3S. The largest absolute Gasteiger partial charge is 0.330 e. The van der Waals surface area contributed by atoms with E-state index in [2.05, 4.69) is 15.0 Å². The second kappa shape index (κ2) is 17.3. The highest BCUT2D eigenvalue weighted by atomic mass is 32.2. The van der Waals surface area contributed by atoms with Gasteiger partial charge in [-0.15, -0.1) is 0 Å². The van der Waals surface area contributed by atoms with Crippen LogP contribution >= 0.6 is 0 Å². The van der Waals surface area contributed by atoms with E-state index in [9.17, 15) is 13.2 Å². The molecule has 0 aliphatic rings. The number of hydrogen-bond donors (Lipinski definition) is 3. The highest BCUT2D eigenvalue weighted by molar-refractivity contribution is 7.89. The summed E-state index contributed by atoms with van der Waals surface area (Å²) in [6.45, 7) is 3.25. The van der Waals surface area contributed by atoms with Gasteiger partial charge in [-0.3, -0.25) is 4.79 Å². The third-order valence-corrected chi connectivity index (χ3v) is 6.87. The molecule has 1 aromatic rings. The number of ketones is 1. The maximum absolute atomic E-state index is 12.1. The van der Waals surface area contributed by atoms with Gasteiger partial charge in [0.05, 0.1) is 12.5 Å². The lowest BCUT2D eigenvalue weighted by atomic mass is 10.0. The lowest BCUT2D eigenvalue weighted by molar-refractivity contribution is -0.119. The molecule has 0 aliphatic carbocycles. The molecule has 1 heterocycles. The summed E-state index contributed by atoms with van der Waals surface area (Å²) in [4.78, 5) is 15.8. The first-order chi connectivity index (χ1) is 15.0. The number of carbonyl (C=O) groups is 1. The Hall–Kier alpha value is -1.29. The maximum Gasteiger partial charge on any atom is 0.257 e. The Bertz CT molecular complexity index is 691. The number of nitrogens with one attached hydrogen (secondary N) is 2. The number of aryl methyl sites for hydroxylation is 1. The smallest absolute Gasteiger partial charge is 0.257 e. The van der Waals surface area contributed by atoms with Crippen LogP contribution in [0.1, 0.15) is 83.5 Å². The summed E-state index contributed by atoms with van der Waals surface area (Å²) >= 11 is 0. The van der Waals surface area contributed by atoms with E-state index >= 15 is 0 Å². The Morgan fingerprint density at radius 3 is 2.06 bits per heavy atom. The van der Waals surface area contributed by atoms with Crippen LogP contribution in [0, 0.1) is 0 Å². The van der Waals surface area contributed by atoms with Gasteiger partial charge in [0.25, 0.3) is 10.0 Å². The van der Waals surface area contributed by atoms with Gasteiger partial charge in [-0.2, -0.15) is 0 Å². The zero-order chi connectivity index (χ0) is 22.8. The molecule has 0 spiro atoms. The van der Waals surface area contributed by atoms with E-state index < -0.39 is 10.0 Å². The second-order valence-corrected chi connectivity index (χ2v) is 9.92. The van der Waals surface area contributed by atoms with Crippen molar-refractivity contribution in [1.29, 1.82) is 0 Å². The summed E-state index contributed by atoms with van der Waals surface area (Å²) in [5.41, 5.74) is 5.46. The van der Waals surface area contributed by atoms with E-state index in [-0.39, 0.29) is 5.03 Å². The number of Topliss-reactive ketones (excluding diaryl/α,β-unsaturated/α-hetero) is 1. The highest BCUT2D eigenvalue weighted by Gasteiger charge is 2.16. The Morgan fingerprint density at radius 2 is 1.45 bits per heavy atom. The first-order valence-corrected chi connectivity index (χ1v) is 13.3. The van der Waals surface area contributed by atoms with Gasteiger partial charge in [-0.25, -0.2) is 18.1 Å². The fourth-order valence-corrected chi connectivity index (χ4v) is 4.63. The number of sulfonamides is 1. The number of unbranched alkanes of at least 4 members (excludes halogenated alkanes) is 8. The summed E-state index contributed by atoms with van der Waals surface area (Å²) in [5, 5.41) is 3.57. The highest BCUT2D eigenvalue weighted by Crippen LogP contribution is 2.11. The molecule has 0 unspecified atom stereocenters. The van der Waals surface area contributed by atoms with E-state index in [0.29, 0.717) is 25.2 Å². The number of nitrogens with two attached hydrogens (primary N) is 1. The van der Waals surface area contributed by atoms with Crippen LogP contribution in [-0.4, -0.2) is 49.9 Å². The molecule has 1 aromatic heterocycles. The second-order valence-electron chi connectivity index (χ2n) is 8.21. The first kappa shape index (κ1) is 27.7. The van der Waals surface area contributed by atoms with Crippen LogP contribution < -0.4 is 15.8 Å². The summed E-state index contributed by atoms with van der Waals surface area (Å²) in [6.07, 6.45) is 15.9. The van der Waals surface area contributed by atoms with Crippen LogP contribution in [0.2, 0.25) is 0 Å². The normalized spacial score (nSPS) is 11.8. The van der Waals surface area contributed by atoms with Gasteiger partial charge >= 0.3 is 0 Å². The molecule has 0 atom stereocenters. The molecule has 0 saturated heterocycles. The van der Waals surface area contributed by atoms with E-state index in [1.54, 1.807) is 7.05 Å². The Morgan fingerprint density at radius 1 is 0.903 bits per heavy atom. The molecule has 0 amide bonds. The lowest BCUT2D eigenvalue weighted by Gasteiger charge is -2.07. The van der Waals surface area contributed by atoms with Gasteiger partial charge in [0.15, 0.2) is 5.03 Å². The molecule has 4 N–H and O–H groups in total. The molecule has 8 nitrogen and oxygen atoms in total. The first-order valence-electron chi connectivity index (χ1n) is 11.9. The summed E-state index contributed by atoms with van der Waals surface area (Å²) in [7, 11) is -1.85. The monoisotopic (exact) mass is 457 g/mol. The molecule has 0 aliphatic heterocycles. The van der Waals surface area contributed by atoms with Crippen molar-refractivity contribution in [3.63, 3.8) is 0 Å². The van der Waals surface area contributed by atoms with E-state index in [4.69, 9.17) is 5.73 Å². The SMILES string of the molecule is Cn1cncc1S(=O)(=O)NCCCCCC(=O)CCCCCCCCCNCCCN. The van der Waals surface area contributed by atoms with Gasteiger partial charge in [-0.05, 0) is 51.7 Å². The fraction of sp³-hybridized carbons (Fsp3) is 0.818. The van der Waals surface area contributed by atoms with E-state index in [1.807, 2.05) is 0 Å². The van der Waals surface area contributed by atoms with Gasteiger partial charge in [0.2, 0.25) is 0 Å². The minimum absolute atomic E-state index is 0.165. The van der Waals surface area contributed by atoms with Crippen molar-refractivity contribution < 1.29 is 13.2 Å². The quantitative estimate of drug-likeness (QED) is 0.244. The van der Waals surface area contributed by atoms with E-state index in [0.717, 1.165) is 58.2 Å². The van der Waals surface area contributed by atoms with Gasteiger partial charge < -0.3 is 15.6 Å². The third kappa shape index (κ3) is 13.7. The van der Waals surface area contributed by atoms with Crippen molar-refractivity contribution in [2.75, 3.05) is 26.2 Å². The van der Waals surface area contributed by atoms with Crippen molar-refractivity contribution in [2.45, 2.75) is 88.5 Å². The summed E-state index contributed by atoms with van der Waals surface area (Å²) in [6, 6.07) is 0. The number of imidazole rings is 1. The standard InChI is InChI=1S/C22H43N5O3S/c1-27-20-25-19-22(27)31(29,30)26-18-11-7-9-14-21(28)13-8-5-3-2-4-6-10-16-24-17-12-15-23/h19-20,24,26H,2-18,23H2,1H3. The van der Waals surface area contributed by atoms with Crippen LogP contribution in [0.4, 0.5) is 0 Å². The van der Waals surface area contributed by atoms with Crippen molar-refractivity contribution in [1.82, 2.24) is 19.6 Å². The number of rotatable bonds is 21. The molecule has 31 heavy (non-hydrogen) atoms. The van der Waals surface area contributed by atoms with Gasteiger partial charge in [0, 0.05) is 26.4 Å². The third-order valence-electron chi connectivity index (χ3n) is 5.34. The molecular weight excluding hydrogens is 414 g/mol. The molecule has 0 bridgehead atoms. The molecule has 0 aromatic carbocycles. The zero-order valence-electron chi connectivity index (χ0n) is 19.3. The van der Waals surface area contributed by atoms with Crippen molar-refractivity contribution in [2.24, 2.45) is 12.8 Å². The minimum Gasteiger partial charge on any atom is -0.330 e. The van der Waals surface area contributed by atoms with Crippen molar-refractivity contribution >= 4 is 15.8 Å². The lowest BCUT2D eigenvalue weighted by Crippen LogP contribution is -2.26. The topological polar surface area (TPSA) is 119 Å². The van der Waals surface area contributed by atoms with Crippen LogP contribution in [0.25, 0.3) is 0 Å². The predicted octanol–water partition coefficient (Wildman–Crippen LogP) is 2.89. The van der Waals surface area contributed by atoms with Crippen LogP contribution in [0.5, 0.6) is 0 Å². The van der Waals surface area contributed by atoms with E-state index in [1.165, 1.54) is 49.2 Å². The van der Waals surface area contributed by atoms with Gasteiger partial charge in [0.1, 0.15) is 5.78 Å². The zero-order valence-corrected chi connectivity index (χ0v) is 20.1. The summed E-state index contributed by atoms with van der Waals surface area (Å²) in [5.74, 6) is 0.332. The minimum atomic E-state index is -3.51. The summed E-state index contributed by atoms with van der Waals surface area (Å²) < 4.78 is 28.3. The average molecular weight is 458 g/mol. The van der Waals surface area contributed by atoms with Crippen LogP contribution in [0.15, 0.2) is 17.6 Å². The molecule has 0 radical (unpaired) electrons.